The van der Waals surface area contributed by atoms with Gasteiger partial charge < -0.3 is 0 Å². The summed E-state index contributed by atoms with van der Waals surface area (Å²) in [5.74, 6) is -4.28. The Morgan fingerprint density at radius 2 is 1.76 bits per heavy atom. The molecule has 10 heteroatoms. The van der Waals surface area contributed by atoms with Gasteiger partial charge in [-0.1, -0.05) is 23.7 Å². The summed E-state index contributed by atoms with van der Waals surface area (Å²) in [6, 6.07) is 10.2. The Morgan fingerprint density at radius 1 is 1.12 bits per heavy atom. The van der Waals surface area contributed by atoms with Crippen molar-refractivity contribution in [3.63, 3.8) is 0 Å². The molecule has 5 nitrogen and oxygen atoms in total. The van der Waals surface area contributed by atoms with E-state index < -0.39 is 32.7 Å². The van der Waals surface area contributed by atoms with E-state index in [1.165, 1.54) is 41.1 Å². The first kappa shape index (κ1) is 24.5. The molecule has 0 unspecified atom stereocenters. The van der Waals surface area contributed by atoms with Crippen molar-refractivity contribution < 1.29 is 26.4 Å². The van der Waals surface area contributed by atoms with Gasteiger partial charge in [-0.05, 0) is 55.7 Å². The van der Waals surface area contributed by atoms with Crippen molar-refractivity contribution in [2.24, 2.45) is 5.92 Å². The van der Waals surface area contributed by atoms with Gasteiger partial charge in [-0.25, -0.2) is 26.3 Å². The molecular formula is C24H22ClF3N2O3S. The fourth-order valence-electron chi connectivity index (χ4n) is 4.05. The third-order valence-corrected chi connectivity index (χ3v) is 8.79. The van der Waals surface area contributed by atoms with Crippen molar-refractivity contribution in [3.05, 3.63) is 76.8 Å². The molecule has 1 heterocycles. The molecule has 0 spiro atoms. The Hall–Kier alpha value is -2.65. The van der Waals surface area contributed by atoms with Crippen LogP contribution in [-0.4, -0.2) is 29.2 Å². The molecule has 180 valence electrons. The van der Waals surface area contributed by atoms with E-state index in [9.17, 15) is 26.4 Å². The van der Waals surface area contributed by atoms with E-state index in [2.05, 4.69) is 5.10 Å². The number of rotatable bonds is 8. The molecule has 2 aromatic carbocycles. The Kier molecular flexibility index (Phi) is 6.61. The van der Waals surface area contributed by atoms with Crippen molar-refractivity contribution in [3.8, 4) is 5.69 Å². The van der Waals surface area contributed by atoms with Crippen LogP contribution < -0.4 is 0 Å². The first-order valence-electron chi connectivity index (χ1n) is 10.7. The molecule has 1 saturated carbocycles. The minimum Gasteiger partial charge on any atom is -0.299 e. The van der Waals surface area contributed by atoms with Crippen molar-refractivity contribution >= 4 is 27.2 Å². The van der Waals surface area contributed by atoms with Gasteiger partial charge in [0.05, 0.1) is 15.8 Å². The predicted octanol–water partition coefficient (Wildman–Crippen LogP) is 5.53. The lowest BCUT2D eigenvalue weighted by molar-refractivity contribution is -0.124. The molecule has 0 saturated heterocycles. The van der Waals surface area contributed by atoms with E-state index in [-0.39, 0.29) is 34.2 Å². The SMILES string of the molecule is CC(F)(F)c1ccc(-n2cc(CCC(=O)[C@@H]3CC[C@@H]3S(=O)(=O)c3ccc(F)cc3)c(Cl)n2)cc1. The van der Waals surface area contributed by atoms with Crippen LogP contribution in [0, 0.1) is 11.7 Å². The van der Waals surface area contributed by atoms with Crippen LogP contribution in [0.1, 0.15) is 37.3 Å². The van der Waals surface area contributed by atoms with Gasteiger partial charge in [0.15, 0.2) is 15.0 Å². The van der Waals surface area contributed by atoms with Crippen LogP contribution in [0.3, 0.4) is 0 Å². The highest BCUT2D eigenvalue weighted by atomic mass is 35.5. The van der Waals surface area contributed by atoms with Crippen LogP contribution in [0.25, 0.3) is 5.69 Å². The summed E-state index contributed by atoms with van der Waals surface area (Å²) in [4.78, 5) is 12.8. The maximum absolute atomic E-state index is 13.4. The second kappa shape index (κ2) is 9.19. The van der Waals surface area contributed by atoms with Gasteiger partial charge in [-0.3, -0.25) is 4.79 Å². The molecule has 1 aliphatic rings. The topological polar surface area (TPSA) is 69.0 Å². The molecule has 0 amide bonds. The molecule has 1 aromatic heterocycles. The van der Waals surface area contributed by atoms with E-state index >= 15 is 0 Å². The van der Waals surface area contributed by atoms with Gasteiger partial charge in [0.25, 0.3) is 5.92 Å². The number of aromatic nitrogens is 2. The summed E-state index contributed by atoms with van der Waals surface area (Å²) < 4.78 is 67.2. The molecule has 2 atom stereocenters. The zero-order valence-electron chi connectivity index (χ0n) is 18.2. The maximum Gasteiger partial charge on any atom is 0.270 e. The Balaban J connectivity index is 1.41. The van der Waals surface area contributed by atoms with E-state index in [1.807, 2.05) is 0 Å². The number of carbonyl (C=O) groups excluding carboxylic acids is 1. The number of benzene rings is 2. The van der Waals surface area contributed by atoms with E-state index in [1.54, 1.807) is 6.20 Å². The number of halogens is 4. The van der Waals surface area contributed by atoms with Crippen molar-refractivity contribution in [2.75, 3.05) is 0 Å². The van der Waals surface area contributed by atoms with Crippen molar-refractivity contribution in [2.45, 2.75) is 48.7 Å². The Bertz CT molecular complexity index is 1300. The number of nitrogens with zero attached hydrogens (tertiary/aromatic N) is 2. The molecule has 3 aromatic rings. The number of aryl methyl sites for hydroxylation is 1. The zero-order chi connectivity index (χ0) is 24.7. The van der Waals surface area contributed by atoms with Crippen LogP contribution in [0.2, 0.25) is 5.15 Å². The lowest BCUT2D eigenvalue weighted by atomic mass is 9.80. The normalized spacial score (nSPS) is 18.5. The van der Waals surface area contributed by atoms with Crippen LogP contribution in [0.4, 0.5) is 13.2 Å². The lowest BCUT2D eigenvalue weighted by Gasteiger charge is -2.35. The summed E-state index contributed by atoms with van der Waals surface area (Å²) in [6.45, 7) is 0.819. The maximum atomic E-state index is 13.4. The average Bonchev–Trinajstić information content (AvgIpc) is 3.11. The molecule has 0 bridgehead atoms. The third-order valence-electron chi connectivity index (χ3n) is 6.18. The van der Waals surface area contributed by atoms with Crippen LogP contribution in [-0.2, 0) is 27.0 Å². The third kappa shape index (κ3) is 4.90. The van der Waals surface area contributed by atoms with Crippen molar-refractivity contribution in [1.29, 1.82) is 0 Å². The fraction of sp³-hybridized carbons (Fsp3) is 0.333. The van der Waals surface area contributed by atoms with E-state index in [0.29, 0.717) is 24.1 Å². The highest BCUT2D eigenvalue weighted by molar-refractivity contribution is 7.92. The van der Waals surface area contributed by atoms with Gasteiger partial charge in [-0.15, -0.1) is 0 Å². The van der Waals surface area contributed by atoms with Crippen LogP contribution >= 0.6 is 11.6 Å². The number of carbonyl (C=O) groups is 1. The number of hydrogen-bond acceptors (Lipinski definition) is 4. The van der Waals surface area contributed by atoms with Gasteiger partial charge >= 0.3 is 0 Å². The number of alkyl halides is 2. The summed E-state index contributed by atoms with van der Waals surface area (Å²) in [5.41, 5.74) is 1.01. The van der Waals surface area contributed by atoms with Crippen LogP contribution in [0.5, 0.6) is 0 Å². The molecule has 34 heavy (non-hydrogen) atoms. The number of Topliss-reactive ketones (excluding diaryl/α,β-unsaturated/α-hetero) is 1. The van der Waals surface area contributed by atoms with Crippen LogP contribution in [0.15, 0.2) is 59.6 Å². The standard InChI is InChI=1S/C24H22ClF3N2O3S/c1-24(27,28)16-3-7-18(8-4-16)30-14-15(23(25)29-30)2-12-21(31)20-11-13-22(20)34(32,33)19-9-5-17(26)6-10-19/h3-10,14,20,22H,2,11-13H2,1H3/t20-,22-/m0/s1. The quantitative estimate of drug-likeness (QED) is 0.374. The lowest BCUT2D eigenvalue weighted by Crippen LogP contribution is -2.43. The second-order valence-electron chi connectivity index (χ2n) is 8.51. The molecule has 1 fully saturated rings. The molecule has 4 rings (SSSR count). The van der Waals surface area contributed by atoms with E-state index in [0.717, 1.165) is 19.1 Å². The Labute approximate surface area is 200 Å². The largest absolute Gasteiger partial charge is 0.299 e. The molecule has 0 aliphatic heterocycles. The minimum atomic E-state index is -3.73. The smallest absolute Gasteiger partial charge is 0.270 e. The molecule has 0 N–H and O–H groups in total. The minimum absolute atomic E-state index is 0.00701. The highest BCUT2D eigenvalue weighted by Gasteiger charge is 2.45. The molecular weight excluding hydrogens is 489 g/mol. The summed E-state index contributed by atoms with van der Waals surface area (Å²) in [5, 5.41) is 3.55. The first-order chi connectivity index (χ1) is 16.0. The molecule has 1 aliphatic carbocycles. The van der Waals surface area contributed by atoms with Crippen molar-refractivity contribution in [1.82, 2.24) is 9.78 Å². The monoisotopic (exact) mass is 510 g/mol. The Morgan fingerprint density at radius 3 is 2.32 bits per heavy atom. The molecule has 0 radical (unpaired) electrons. The predicted molar refractivity (Wildman–Crippen MR) is 122 cm³/mol. The van der Waals surface area contributed by atoms with Gasteiger partial charge in [-0.2, -0.15) is 5.10 Å². The number of ketones is 1. The second-order valence-corrected chi connectivity index (χ2v) is 11.0. The zero-order valence-corrected chi connectivity index (χ0v) is 19.8. The average molecular weight is 511 g/mol. The van der Waals surface area contributed by atoms with Gasteiger partial charge in [0.2, 0.25) is 0 Å². The summed E-state index contributed by atoms with van der Waals surface area (Å²) in [7, 11) is -3.73. The fourth-order valence-corrected chi connectivity index (χ4v) is 6.30. The van der Waals surface area contributed by atoms with Gasteiger partial charge in [0, 0.05) is 36.6 Å². The first-order valence-corrected chi connectivity index (χ1v) is 12.6. The number of hydrogen-bond donors (Lipinski definition) is 0. The highest BCUT2D eigenvalue weighted by Crippen LogP contribution is 2.38. The summed E-state index contributed by atoms with van der Waals surface area (Å²) in [6.07, 6.45) is 2.84. The van der Waals surface area contributed by atoms with Gasteiger partial charge in [0.1, 0.15) is 11.6 Å². The summed E-state index contributed by atoms with van der Waals surface area (Å²) >= 11 is 6.21. The van der Waals surface area contributed by atoms with E-state index in [4.69, 9.17) is 11.6 Å². The number of sulfone groups is 1.